The molecule has 1 aromatic heterocycles. The minimum absolute atomic E-state index is 0.166. The molecule has 12 nitrogen and oxygen atoms in total. The Bertz CT molecular complexity index is 953. The van der Waals surface area contributed by atoms with Gasteiger partial charge in [0.1, 0.15) is 6.04 Å². The van der Waals surface area contributed by atoms with Crippen LogP contribution in [-0.2, 0) is 14.4 Å². The van der Waals surface area contributed by atoms with Crippen molar-refractivity contribution in [3.05, 3.63) is 24.3 Å². The van der Waals surface area contributed by atoms with Crippen molar-refractivity contribution in [2.45, 2.75) is 44.7 Å². The van der Waals surface area contributed by atoms with Gasteiger partial charge < -0.3 is 26.5 Å². The number of hydrogen-bond donors (Lipinski definition) is 6. The highest BCUT2D eigenvalue weighted by Crippen LogP contribution is 2.14. The van der Waals surface area contributed by atoms with E-state index in [1.165, 1.54) is 4.90 Å². The lowest BCUT2D eigenvalue weighted by Crippen LogP contribution is -2.55. The summed E-state index contributed by atoms with van der Waals surface area (Å²) in [6.45, 7) is 1.87. The van der Waals surface area contributed by atoms with Crippen molar-refractivity contribution in [2.24, 2.45) is 16.5 Å². The smallest absolute Gasteiger partial charge is 0.300 e. The Morgan fingerprint density at radius 3 is 2.67 bits per heavy atom. The Labute approximate surface area is 191 Å². The molecule has 0 saturated carbocycles. The number of nitrogens with one attached hydrogen (secondary N) is 3. The molecule has 0 saturated heterocycles. The molecule has 1 aliphatic heterocycles. The van der Waals surface area contributed by atoms with Crippen LogP contribution in [0.25, 0.3) is 11.0 Å². The predicted molar refractivity (Wildman–Crippen MR) is 126 cm³/mol. The number of benzene rings is 1. The number of nitrogens with zero attached hydrogens (tertiary/aromatic N) is 3. The summed E-state index contributed by atoms with van der Waals surface area (Å²) < 4.78 is 0. The van der Waals surface area contributed by atoms with Crippen LogP contribution < -0.4 is 22.1 Å². The van der Waals surface area contributed by atoms with Crippen LogP contribution in [0, 0.1) is 0 Å². The molecule has 8 N–H and O–H groups in total. The number of imidazole rings is 1. The number of carboxylic acids is 1. The number of unbranched alkanes of at least 4 members (excludes halogenated alkanes) is 1. The second-order valence-electron chi connectivity index (χ2n) is 7.69. The maximum atomic E-state index is 12.5. The molecule has 2 aromatic rings. The van der Waals surface area contributed by atoms with Gasteiger partial charge in [-0.25, -0.2) is 9.98 Å². The minimum atomic E-state index is -0.833. The van der Waals surface area contributed by atoms with Crippen LogP contribution in [0.4, 0.5) is 5.95 Å². The van der Waals surface area contributed by atoms with Gasteiger partial charge in [0.2, 0.25) is 17.8 Å². The van der Waals surface area contributed by atoms with Crippen LogP contribution in [0.2, 0.25) is 0 Å². The quantitative estimate of drug-likeness (QED) is 0.301. The van der Waals surface area contributed by atoms with E-state index in [0.29, 0.717) is 18.5 Å². The number of guanidine groups is 1. The third kappa shape index (κ3) is 8.16. The van der Waals surface area contributed by atoms with E-state index in [-0.39, 0.29) is 30.8 Å². The molecular weight excluding hydrogens is 428 g/mol. The largest absolute Gasteiger partial charge is 0.481 e. The van der Waals surface area contributed by atoms with E-state index in [1.807, 2.05) is 24.3 Å². The van der Waals surface area contributed by atoms with Gasteiger partial charge in [-0.15, -0.1) is 0 Å². The second-order valence-corrected chi connectivity index (χ2v) is 7.69. The fourth-order valence-corrected chi connectivity index (χ4v) is 3.19. The predicted octanol–water partition coefficient (Wildman–Crippen LogP) is 0.225. The lowest BCUT2D eigenvalue weighted by Gasteiger charge is -2.30. The fraction of sp³-hybridized carbons (Fsp3) is 0.476. The molecule has 0 aliphatic carbocycles. The zero-order valence-corrected chi connectivity index (χ0v) is 18.9. The number of rotatable bonds is 8. The summed E-state index contributed by atoms with van der Waals surface area (Å²) in [6, 6.07) is 6.69. The van der Waals surface area contributed by atoms with Crippen LogP contribution in [0.5, 0.6) is 0 Å². The molecular formula is C21H32N8O4. The lowest BCUT2D eigenvalue weighted by atomic mass is 10.1. The Morgan fingerprint density at radius 2 is 2.03 bits per heavy atom. The first-order valence-corrected chi connectivity index (χ1v) is 10.7. The number of fused-ring (bicyclic) bond motifs is 1. The summed E-state index contributed by atoms with van der Waals surface area (Å²) >= 11 is 0. The third-order valence-corrected chi connectivity index (χ3v) is 4.92. The van der Waals surface area contributed by atoms with Gasteiger partial charge in [-0.2, -0.15) is 0 Å². The van der Waals surface area contributed by atoms with Crippen LogP contribution in [0.1, 0.15) is 32.6 Å². The number of anilines is 1. The first kappa shape index (κ1) is 25.7. The number of carbonyl (C=O) groups excluding carboxylic acids is 2. The van der Waals surface area contributed by atoms with Crippen LogP contribution in [0.15, 0.2) is 29.3 Å². The van der Waals surface area contributed by atoms with Crippen molar-refractivity contribution in [1.82, 2.24) is 20.2 Å². The average Bonchev–Trinajstić information content (AvgIpc) is 3.15. The number of carboxylic acid groups (broad SMARTS) is 1. The molecule has 2 heterocycles. The highest BCUT2D eigenvalue weighted by Gasteiger charge is 2.31. The van der Waals surface area contributed by atoms with Crippen molar-refractivity contribution in [2.75, 3.05) is 25.5 Å². The number of H-pyrrole nitrogens is 1. The summed E-state index contributed by atoms with van der Waals surface area (Å²) in [5.74, 6) is -0.526. The van der Waals surface area contributed by atoms with Crippen LogP contribution in [-0.4, -0.2) is 75.9 Å². The van der Waals surface area contributed by atoms with Crippen molar-refractivity contribution in [3.63, 3.8) is 0 Å². The van der Waals surface area contributed by atoms with E-state index in [2.05, 4.69) is 25.6 Å². The van der Waals surface area contributed by atoms with Gasteiger partial charge in [0, 0.05) is 26.4 Å². The van der Waals surface area contributed by atoms with Gasteiger partial charge in [-0.05, 0) is 31.5 Å². The molecule has 2 amide bonds. The molecule has 2 atom stereocenters. The van der Waals surface area contributed by atoms with E-state index in [9.17, 15) is 9.59 Å². The van der Waals surface area contributed by atoms with Gasteiger partial charge in [0.25, 0.3) is 11.9 Å². The maximum absolute atomic E-state index is 12.5. The summed E-state index contributed by atoms with van der Waals surface area (Å²) in [4.78, 5) is 47.2. The Morgan fingerprint density at radius 1 is 1.33 bits per heavy atom. The standard InChI is InChI=1S/C19H28N8O2.C2H4O2/c1-27(16(28)10-12(21)6-4-5-9-20)15-11-22-18(25-17(15)29)26-19-23-13-7-2-3-8-14(13)24-19;1-2(3)4/h2-3,7-8,12,15H,4-6,9-11,20-21H2,1H3,(H3,22,23,24,25,26,29);1H3,(H,3,4)/t12-,15?;/m0./s1. The zero-order valence-electron chi connectivity index (χ0n) is 18.9. The monoisotopic (exact) mass is 460 g/mol. The molecule has 33 heavy (non-hydrogen) atoms. The number of aromatic amines is 1. The third-order valence-electron chi connectivity index (χ3n) is 4.92. The first-order chi connectivity index (χ1) is 15.7. The number of aliphatic carboxylic acids is 1. The van der Waals surface area contributed by atoms with Crippen LogP contribution in [0.3, 0.4) is 0 Å². The fourth-order valence-electron chi connectivity index (χ4n) is 3.19. The van der Waals surface area contributed by atoms with Crippen molar-refractivity contribution in [3.8, 4) is 0 Å². The molecule has 1 aromatic carbocycles. The SMILES string of the molecule is CC(=O)O.CN(C(=O)C[C@@H](N)CCCCN)C1CN=C(Nc2nc3ccccc3[nH]2)NC1=O. The van der Waals surface area contributed by atoms with Gasteiger partial charge in [-0.1, -0.05) is 18.6 Å². The summed E-state index contributed by atoms with van der Waals surface area (Å²) in [5, 5.41) is 13.1. The number of hydrogen-bond acceptors (Lipinski definition) is 8. The number of aliphatic imine (C=N–C) groups is 1. The van der Waals surface area contributed by atoms with E-state index in [1.54, 1.807) is 7.05 Å². The van der Waals surface area contributed by atoms with Crippen molar-refractivity contribution < 1.29 is 19.5 Å². The number of aromatic nitrogens is 2. The van der Waals surface area contributed by atoms with E-state index in [4.69, 9.17) is 21.4 Å². The molecule has 0 radical (unpaired) electrons. The normalized spacial score (nSPS) is 16.2. The molecule has 1 unspecified atom stereocenters. The van der Waals surface area contributed by atoms with Gasteiger partial charge >= 0.3 is 0 Å². The Balaban J connectivity index is 0.000000890. The number of nitrogens with two attached hydrogens (primary N) is 2. The number of likely N-dealkylation sites (N-methyl/N-ethyl adjacent to an activating group) is 1. The van der Waals surface area contributed by atoms with Gasteiger partial charge in [-0.3, -0.25) is 25.0 Å². The highest BCUT2D eigenvalue weighted by molar-refractivity contribution is 6.07. The number of para-hydroxylation sites is 2. The topological polar surface area (TPSA) is 192 Å². The average molecular weight is 461 g/mol. The van der Waals surface area contributed by atoms with Gasteiger partial charge in [0.15, 0.2) is 0 Å². The van der Waals surface area contributed by atoms with E-state index >= 15 is 0 Å². The Hall–Kier alpha value is -3.51. The molecule has 0 bridgehead atoms. The minimum Gasteiger partial charge on any atom is -0.481 e. The van der Waals surface area contributed by atoms with Crippen LogP contribution >= 0.6 is 0 Å². The van der Waals surface area contributed by atoms with Gasteiger partial charge in [0.05, 0.1) is 17.6 Å². The molecule has 180 valence electrons. The molecule has 1 aliphatic rings. The maximum Gasteiger partial charge on any atom is 0.300 e. The second kappa shape index (κ2) is 12.5. The Kier molecular flexibility index (Phi) is 9.76. The van der Waals surface area contributed by atoms with Crippen molar-refractivity contribution in [1.29, 1.82) is 0 Å². The summed E-state index contributed by atoms with van der Waals surface area (Å²) in [6.07, 6.45) is 2.70. The van der Waals surface area contributed by atoms with Crippen molar-refractivity contribution >= 4 is 40.7 Å². The highest BCUT2D eigenvalue weighted by atomic mass is 16.4. The summed E-state index contributed by atoms with van der Waals surface area (Å²) in [7, 11) is 1.60. The van der Waals surface area contributed by atoms with E-state index in [0.717, 1.165) is 37.2 Å². The number of carbonyl (C=O) groups is 3. The zero-order chi connectivity index (χ0) is 24.4. The van der Waals surface area contributed by atoms with E-state index < -0.39 is 12.0 Å². The first-order valence-electron chi connectivity index (χ1n) is 10.7. The number of amides is 2. The molecule has 0 spiro atoms. The summed E-state index contributed by atoms with van der Waals surface area (Å²) in [5.41, 5.74) is 13.2. The molecule has 12 heteroatoms. The molecule has 0 fully saturated rings. The lowest BCUT2D eigenvalue weighted by molar-refractivity contribution is -0.138. The molecule has 3 rings (SSSR count).